The van der Waals surface area contributed by atoms with E-state index in [4.69, 9.17) is 9.72 Å². The molecule has 0 amide bonds. The first-order valence-corrected chi connectivity index (χ1v) is 7.95. The Bertz CT molecular complexity index is 413. The maximum absolute atomic E-state index is 5.47. The highest BCUT2D eigenvalue weighted by molar-refractivity contribution is 5.25. The lowest BCUT2D eigenvalue weighted by Gasteiger charge is -2.28. The molecule has 0 spiro atoms. The van der Waals surface area contributed by atoms with Crippen molar-refractivity contribution in [3.05, 3.63) is 29.1 Å². The third-order valence-corrected chi connectivity index (χ3v) is 4.14. The van der Waals surface area contributed by atoms with E-state index < -0.39 is 0 Å². The molecule has 112 valence electrons. The van der Waals surface area contributed by atoms with Gasteiger partial charge in [0.1, 0.15) is 0 Å². The number of aryl methyl sites for hydroxylation is 2. The molecule has 1 aromatic rings. The Kier molecular flexibility index (Phi) is 5.99. The van der Waals surface area contributed by atoms with Crippen molar-refractivity contribution >= 4 is 0 Å². The molecule has 1 aliphatic heterocycles. The number of aromatic nitrogens is 1. The highest BCUT2D eigenvalue weighted by Gasteiger charge is 2.22. The number of rotatable bonds is 6. The van der Waals surface area contributed by atoms with Crippen LogP contribution in [0, 0.1) is 19.8 Å². The van der Waals surface area contributed by atoms with Crippen molar-refractivity contribution in [2.45, 2.75) is 52.5 Å². The molecule has 0 aliphatic carbocycles. The van der Waals surface area contributed by atoms with Crippen LogP contribution >= 0.6 is 0 Å². The Morgan fingerprint density at radius 3 is 2.75 bits per heavy atom. The Hall–Kier alpha value is -0.930. The standard InChI is InChI=1S/C17H28N2O/c1-4-7-18-16(11-15-5-8-20-9-6-15)17-14(3)10-13(2)12-19-17/h10,12,15-16,18H,4-9,11H2,1-3H3. The van der Waals surface area contributed by atoms with Gasteiger partial charge in [0.15, 0.2) is 0 Å². The molecule has 1 N–H and O–H groups in total. The zero-order chi connectivity index (χ0) is 14.4. The van der Waals surface area contributed by atoms with Crippen LogP contribution in [0.15, 0.2) is 12.3 Å². The molecule has 1 aromatic heterocycles. The smallest absolute Gasteiger partial charge is 0.0602 e. The molecule has 1 atom stereocenters. The first-order chi connectivity index (χ1) is 9.70. The second kappa shape index (κ2) is 7.75. The molecule has 0 radical (unpaired) electrons. The maximum atomic E-state index is 5.47. The number of hydrogen-bond acceptors (Lipinski definition) is 3. The summed E-state index contributed by atoms with van der Waals surface area (Å²) < 4.78 is 5.47. The normalized spacial score (nSPS) is 18.1. The molecule has 0 saturated carbocycles. The summed E-state index contributed by atoms with van der Waals surface area (Å²) in [4.78, 5) is 4.70. The van der Waals surface area contributed by atoms with E-state index in [-0.39, 0.29) is 0 Å². The number of ether oxygens (including phenoxy) is 1. The topological polar surface area (TPSA) is 34.1 Å². The Balaban J connectivity index is 2.08. The molecule has 2 heterocycles. The molecular formula is C17H28N2O. The van der Waals surface area contributed by atoms with Crippen molar-refractivity contribution in [3.8, 4) is 0 Å². The fourth-order valence-corrected chi connectivity index (χ4v) is 3.02. The zero-order valence-corrected chi connectivity index (χ0v) is 13.1. The van der Waals surface area contributed by atoms with E-state index in [2.05, 4.69) is 32.2 Å². The Morgan fingerprint density at radius 1 is 1.35 bits per heavy atom. The van der Waals surface area contributed by atoms with Gasteiger partial charge in [-0.15, -0.1) is 0 Å². The lowest BCUT2D eigenvalue weighted by Crippen LogP contribution is -2.28. The lowest BCUT2D eigenvalue weighted by molar-refractivity contribution is 0.0603. The Morgan fingerprint density at radius 2 is 2.10 bits per heavy atom. The van der Waals surface area contributed by atoms with Gasteiger partial charge in [-0.3, -0.25) is 4.98 Å². The van der Waals surface area contributed by atoms with Gasteiger partial charge in [-0.1, -0.05) is 13.0 Å². The van der Waals surface area contributed by atoms with E-state index in [0.29, 0.717) is 6.04 Å². The minimum absolute atomic E-state index is 0.388. The number of nitrogens with zero attached hydrogens (tertiary/aromatic N) is 1. The number of nitrogens with one attached hydrogen (secondary N) is 1. The quantitative estimate of drug-likeness (QED) is 0.862. The predicted molar refractivity (Wildman–Crippen MR) is 82.9 cm³/mol. The molecule has 1 saturated heterocycles. The van der Waals surface area contributed by atoms with Gasteiger partial charge in [-0.25, -0.2) is 0 Å². The van der Waals surface area contributed by atoms with Crippen molar-refractivity contribution in [2.24, 2.45) is 5.92 Å². The fraction of sp³-hybridized carbons (Fsp3) is 0.706. The van der Waals surface area contributed by atoms with Crippen LogP contribution in [0.4, 0.5) is 0 Å². The minimum atomic E-state index is 0.388. The summed E-state index contributed by atoms with van der Waals surface area (Å²) in [5.74, 6) is 0.764. The molecule has 20 heavy (non-hydrogen) atoms. The van der Waals surface area contributed by atoms with Crippen LogP contribution in [0.5, 0.6) is 0 Å². The van der Waals surface area contributed by atoms with E-state index in [1.807, 2.05) is 6.20 Å². The molecular weight excluding hydrogens is 248 g/mol. The number of pyridine rings is 1. The largest absolute Gasteiger partial charge is 0.381 e. The fourth-order valence-electron chi connectivity index (χ4n) is 3.02. The molecule has 3 nitrogen and oxygen atoms in total. The third kappa shape index (κ3) is 4.29. The molecule has 1 unspecified atom stereocenters. The van der Waals surface area contributed by atoms with Gasteiger partial charge in [0.2, 0.25) is 0 Å². The molecule has 3 heteroatoms. The highest BCUT2D eigenvalue weighted by atomic mass is 16.5. The lowest BCUT2D eigenvalue weighted by atomic mass is 9.90. The van der Waals surface area contributed by atoms with Crippen LogP contribution in [0.2, 0.25) is 0 Å². The first kappa shape index (κ1) is 15.5. The Labute approximate surface area is 123 Å². The summed E-state index contributed by atoms with van der Waals surface area (Å²) >= 11 is 0. The average Bonchev–Trinajstić information content (AvgIpc) is 2.45. The van der Waals surface area contributed by atoms with Crippen LogP contribution in [0.1, 0.15) is 55.5 Å². The third-order valence-electron chi connectivity index (χ3n) is 4.14. The van der Waals surface area contributed by atoms with Crippen LogP contribution in [-0.4, -0.2) is 24.7 Å². The van der Waals surface area contributed by atoms with Gasteiger partial charge in [-0.05, 0) is 63.1 Å². The number of hydrogen-bond donors (Lipinski definition) is 1. The van der Waals surface area contributed by atoms with Crippen LogP contribution in [-0.2, 0) is 4.74 Å². The van der Waals surface area contributed by atoms with Gasteiger partial charge in [0.05, 0.1) is 11.7 Å². The van der Waals surface area contributed by atoms with Crippen LogP contribution in [0.25, 0.3) is 0 Å². The monoisotopic (exact) mass is 276 g/mol. The second-order valence-electron chi connectivity index (χ2n) is 6.01. The van der Waals surface area contributed by atoms with Crippen molar-refractivity contribution in [2.75, 3.05) is 19.8 Å². The summed E-state index contributed by atoms with van der Waals surface area (Å²) in [5.41, 5.74) is 3.78. The second-order valence-corrected chi connectivity index (χ2v) is 6.01. The van der Waals surface area contributed by atoms with Crippen molar-refractivity contribution in [1.82, 2.24) is 10.3 Å². The summed E-state index contributed by atoms with van der Waals surface area (Å²) in [5, 5.41) is 3.69. The van der Waals surface area contributed by atoms with Gasteiger partial charge in [0.25, 0.3) is 0 Å². The van der Waals surface area contributed by atoms with E-state index in [0.717, 1.165) is 32.1 Å². The van der Waals surface area contributed by atoms with Crippen LogP contribution < -0.4 is 5.32 Å². The SMILES string of the molecule is CCCNC(CC1CCOCC1)c1ncc(C)cc1C. The molecule has 0 aromatic carbocycles. The molecule has 0 bridgehead atoms. The van der Waals surface area contributed by atoms with Gasteiger partial charge in [-0.2, -0.15) is 0 Å². The van der Waals surface area contributed by atoms with Gasteiger partial charge in [0, 0.05) is 19.4 Å². The summed E-state index contributed by atoms with van der Waals surface area (Å²) in [6, 6.07) is 2.63. The molecule has 1 fully saturated rings. The van der Waals surface area contributed by atoms with Crippen molar-refractivity contribution < 1.29 is 4.74 Å². The average molecular weight is 276 g/mol. The summed E-state index contributed by atoms with van der Waals surface area (Å²) in [6.45, 7) is 9.41. The van der Waals surface area contributed by atoms with E-state index in [9.17, 15) is 0 Å². The predicted octanol–water partition coefficient (Wildman–Crippen LogP) is 3.56. The van der Waals surface area contributed by atoms with Crippen molar-refractivity contribution in [1.29, 1.82) is 0 Å². The van der Waals surface area contributed by atoms with Gasteiger partial charge < -0.3 is 10.1 Å². The summed E-state index contributed by atoms with van der Waals surface area (Å²) in [7, 11) is 0. The summed E-state index contributed by atoms with van der Waals surface area (Å²) in [6.07, 6.45) is 6.72. The van der Waals surface area contributed by atoms with E-state index in [1.54, 1.807) is 0 Å². The molecule has 2 rings (SSSR count). The first-order valence-electron chi connectivity index (χ1n) is 7.95. The minimum Gasteiger partial charge on any atom is -0.381 e. The maximum Gasteiger partial charge on any atom is 0.0602 e. The van der Waals surface area contributed by atoms with Gasteiger partial charge >= 0.3 is 0 Å². The molecule has 1 aliphatic rings. The van der Waals surface area contributed by atoms with E-state index in [1.165, 1.54) is 36.1 Å². The van der Waals surface area contributed by atoms with E-state index >= 15 is 0 Å². The zero-order valence-electron chi connectivity index (χ0n) is 13.1. The van der Waals surface area contributed by atoms with Crippen molar-refractivity contribution in [3.63, 3.8) is 0 Å². The highest BCUT2D eigenvalue weighted by Crippen LogP contribution is 2.28. The van der Waals surface area contributed by atoms with Crippen LogP contribution in [0.3, 0.4) is 0 Å².